The highest BCUT2D eigenvalue weighted by atomic mass is 35.5. The fraction of sp³-hybridized carbons (Fsp3) is 0.464. The van der Waals surface area contributed by atoms with Crippen LogP contribution in [-0.2, 0) is 25.5 Å². The van der Waals surface area contributed by atoms with Crippen molar-refractivity contribution in [2.24, 2.45) is 0 Å². The predicted molar refractivity (Wildman–Crippen MR) is 141 cm³/mol. The number of alkyl halides is 1. The summed E-state index contributed by atoms with van der Waals surface area (Å²) in [5.74, 6) is -5.44. The number of carbonyl (C=O) groups excluding carboxylic acids is 2. The van der Waals surface area contributed by atoms with Crippen molar-refractivity contribution in [3.05, 3.63) is 52.8 Å². The molecule has 1 atom stereocenters. The molecule has 8 nitrogen and oxygen atoms in total. The molecule has 0 spiro atoms. The normalized spacial score (nSPS) is 19.1. The molecule has 1 saturated carbocycles. The number of nitrogens with zero attached hydrogens (tertiary/aromatic N) is 2. The molecule has 2 aliphatic rings. The average molecular weight is 562 g/mol. The second-order valence-electron chi connectivity index (χ2n) is 10.0. The Morgan fingerprint density at radius 1 is 1.13 bits per heavy atom. The minimum atomic E-state index is -2.92. The number of methoxy groups -OCH3 is 1. The second-order valence-corrected chi connectivity index (χ2v) is 10.4. The van der Waals surface area contributed by atoms with Crippen molar-refractivity contribution in [3.8, 4) is 0 Å². The number of ketones is 1. The smallest absolute Gasteiger partial charge is 0.338 e. The lowest BCUT2D eigenvalue weighted by atomic mass is 9.84. The molecule has 208 valence electrons. The summed E-state index contributed by atoms with van der Waals surface area (Å²) < 4.78 is 48.8. The molecule has 39 heavy (non-hydrogen) atoms. The number of esters is 1. The fourth-order valence-corrected chi connectivity index (χ4v) is 5.55. The van der Waals surface area contributed by atoms with E-state index in [1.165, 1.54) is 24.1 Å². The van der Waals surface area contributed by atoms with E-state index in [-0.39, 0.29) is 48.6 Å². The van der Waals surface area contributed by atoms with Crippen LogP contribution in [0.15, 0.2) is 40.8 Å². The average Bonchev–Trinajstić information content (AvgIpc) is 3.63. The number of anilines is 2. The number of benzene rings is 2. The Morgan fingerprint density at radius 3 is 2.54 bits per heavy atom. The van der Waals surface area contributed by atoms with E-state index in [9.17, 15) is 9.59 Å². The van der Waals surface area contributed by atoms with Crippen LogP contribution in [0.25, 0.3) is 11.1 Å². The first-order valence-corrected chi connectivity index (χ1v) is 13.5. The third kappa shape index (κ3) is 5.37. The number of aromatic nitrogens is 1. The van der Waals surface area contributed by atoms with Gasteiger partial charge in [0.1, 0.15) is 5.52 Å². The summed E-state index contributed by atoms with van der Waals surface area (Å²) in [5.41, 5.74) is -1.10. The van der Waals surface area contributed by atoms with Gasteiger partial charge in [0.2, 0.25) is 5.78 Å². The summed E-state index contributed by atoms with van der Waals surface area (Å²) >= 11 is 6.17. The van der Waals surface area contributed by atoms with Gasteiger partial charge in [0.25, 0.3) is 6.01 Å². The Hall–Kier alpha value is -3.08. The zero-order chi connectivity index (χ0) is 27.6. The first kappa shape index (κ1) is 27.5. The maximum absolute atomic E-state index is 16.8. The van der Waals surface area contributed by atoms with Gasteiger partial charge in [0, 0.05) is 19.5 Å². The molecule has 1 aliphatic heterocycles. The summed E-state index contributed by atoms with van der Waals surface area (Å²) in [6, 6.07) is 9.81. The van der Waals surface area contributed by atoms with Crippen LogP contribution in [0.3, 0.4) is 0 Å². The van der Waals surface area contributed by atoms with Crippen LogP contribution in [-0.4, -0.2) is 53.4 Å². The van der Waals surface area contributed by atoms with Crippen LogP contribution in [0.2, 0.25) is 5.02 Å². The van der Waals surface area contributed by atoms with Gasteiger partial charge in [0.15, 0.2) is 17.0 Å². The number of hydrogen-bond acceptors (Lipinski definition) is 8. The zero-order valence-corrected chi connectivity index (χ0v) is 22.4. The SMILES string of the molecule is COC(=O)C1(OC(F)(C(=O)Cc2ccc3nc(Nc4ccccc4Cl)oc3c2F)N2CCCC2)CCCCC1. The van der Waals surface area contributed by atoms with E-state index >= 15 is 8.78 Å². The van der Waals surface area contributed by atoms with Crippen LogP contribution in [0.1, 0.15) is 50.5 Å². The Bertz CT molecular complexity index is 1370. The van der Waals surface area contributed by atoms with E-state index < -0.39 is 35.6 Å². The number of rotatable bonds is 9. The lowest BCUT2D eigenvalue weighted by Gasteiger charge is -2.42. The molecule has 1 aliphatic carbocycles. The Balaban J connectivity index is 1.43. The van der Waals surface area contributed by atoms with E-state index in [2.05, 4.69) is 10.3 Å². The van der Waals surface area contributed by atoms with E-state index in [1.807, 2.05) is 0 Å². The molecule has 5 rings (SSSR count). The Kier molecular flexibility index (Phi) is 7.89. The number of nitrogens with one attached hydrogen (secondary N) is 1. The standard InChI is InChI=1S/C28H30ClF2N3O5/c1-37-25(36)27(13-5-2-6-14-27)39-28(31,34-15-7-8-16-34)22(35)17-18-11-12-21-24(23(18)30)38-26(33-21)32-20-10-4-3-9-19(20)29/h3-4,9-12H,2,5-8,13-17H2,1H3,(H,32,33). The van der Waals surface area contributed by atoms with Crippen molar-refractivity contribution >= 4 is 46.2 Å². The summed E-state index contributed by atoms with van der Waals surface area (Å²) in [6.45, 7) is 0.556. The maximum atomic E-state index is 16.8. The monoisotopic (exact) mass is 561 g/mol. The maximum Gasteiger partial charge on any atom is 0.338 e. The number of Topliss-reactive ketones (excluding diaryl/α,β-unsaturated/α-hetero) is 1. The van der Waals surface area contributed by atoms with Gasteiger partial charge in [-0.15, -0.1) is 0 Å². The van der Waals surface area contributed by atoms with Gasteiger partial charge in [-0.1, -0.05) is 36.2 Å². The quantitative estimate of drug-likeness (QED) is 0.248. The van der Waals surface area contributed by atoms with Crippen molar-refractivity contribution < 1.29 is 32.3 Å². The predicted octanol–water partition coefficient (Wildman–Crippen LogP) is 6.09. The number of para-hydroxylation sites is 1. The minimum absolute atomic E-state index is 0.0121. The van der Waals surface area contributed by atoms with Crippen LogP contribution in [0.5, 0.6) is 0 Å². The van der Waals surface area contributed by atoms with Crippen LogP contribution < -0.4 is 5.32 Å². The van der Waals surface area contributed by atoms with Gasteiger partial charge in [0.05, 0.1) is 17.8 Å². The molecule has 0 amide bonds. The molecule has 1 N–H and O–H groups in total. The minimum Gasteiger partial charge on any atom is -0.467 e. The number of hydrogen-bond donors (Lipinski definition) is 1. The van der Waals surface area contributed by atoms with Crippen molar-refractivity contribution in [2.75, 3.05) is 25.5 Å². The molecule has 11 heteroatoms. The van der Waals surface area contributed by atoms with Crippen molar-refractivity contribution in [1.82, 2.24) is 9.88 Å². The third-order valence-electron chi connectivity index (χ3n) is 7.45. The molecule has 0 bridgehead atoms. The highest BCUT2D eigenvalue weighted by molar-refractivity contribution is 6.33. The van der Waals surface area contributed by atoms with E-state index in [4.69, 9.17) is 25.5 Å². The summed E-state index contributed by atoms with van der Waals surface area (Å²) in [6.07, 6.45) is 3.37. The number of carbonyl (C=O) groups is 2. The molecule has 2 heterocycles. The van der Waals surface area contributed by atoms with Gasteiger partial charge in [-0.3, -0.25) is 4.79 Å². The highest BCUT2D eigenvalue weighted by Gasteiger charge is 2.55. The Labute approximate surface area is 229 Å². The van der Waals surface area contributed by atoms with Gasteiger partial charge < -0.3 is 19.2 Å². The molecule has 1 aromatic heterocycles. The number of halogens is 3. The third-order valence-corrected chi connectivity index (χ3v) is 7.78. The van der Waals surface area contributed by atoms with E-state index in [1.54, 1.807) is 24.3 Å². The number of ether oxygens (including phenoxy) is 2. The topological polar surface area (TPSA) is 93.9 Å². The zero-order valence-electron chi connectivity index (χ0n) is 21.6. The molecular formula is C28H30ClF2N3O5. The van der Waals surface area contributed by atoms with Crippen molar-refractivity contribution in [2.45, 2.75) is 62.9 Å². The van der Waals surface area contributed by atoms with Gasteiger partial charge in [-0.25, -0.2) is 14.1 Å². The summed E-state index contributed by atoms with van der Waals surface area (Å²) in [4.78, 5) is 31.9. The molecule has 3 aromatic rings. The number of likely N-dealkylation sites (tertiary alicyclic amines) is 1. The summed E-state index contributed by atoms with van der Waals surface area (Å²) in [5, 5.41) is 3.33. The lowest BCUT2D eigenvalue weighted by molar-refractivity contribution is -0.281. The van der Waals surface area contributed by atoms with E-state index in [0.29, 0.717) is 36.4 Å². The molecular weight excluding hydrogens is 532 g/mol. The Morgan fingerprint density at radius 2 is 1.85 bits per heavy atom. The molecule has 1 saturated heterocycles. The number of fused-ring (bicyclic) bond motifs is 1. The molecule has 1 unspecified atom stereocenters. The van der Waals surface area contributed by atoms with Crippen LogP contribution in [0, 0.1) is 5.82 Å². The van der Waals surface area contributed by atoms with Gasteiger partial charge >= 0.3 is 11.9 Å². The van der Waals surface area contributed by atoms with Crippen molar-refractivity contribution in [1.29, 1.82) is 0 Å². The van der Waals surface area contributed by atoms with Crippen LogP contribution >= 0.6 is 11.6 Å². The molecule has 0 radical (unpaired) electrons. The molecule has 2 aromatic carbocycles. The van der Waals surface area contributed by atoms with Crippen LogP contribution in [0.4, 0.5) is 20.5 Å². The largest absolute Gasteiger partial charge is 0.467 e. The van der Waals surface area contributed by atoms with Gasteiger partial charge in [-0.2, -0.15) is 9.37 Å². The lowest BCUT2D eigenvalue weighted by Crippen LogP contribution is -2.60. The fourth-order valence-electron chi connectivity index (χ4n) is 5.37. The van der Waals surface area contributed by atoms with Crippen molar-refractivity contribution in [3.63, 3.8) is 0 Å². The highest BCUT2D eigenvalue weighted by Crippen LogP contribution is 2.40. The first-order chi connectivity index (χ1) is 18.8. The molecule has 2 fully saturated rings. The second kappa shape index (κ2) is 11.2. The van der Waals surface area contributed by atoms with E-state index in [0.717, 1.165) is 6.42 Å². The van der Waals surface area contributed by atoms with Gasteiger partial charge in [-0.05, 0) is 62.3 Å². The first-order valence-electron chi connectivity index (χ1n) is 13.1. The summed E-state index contributed by atoms with van der Waals surface area (Å²) in [7, 11) is 1.22. The number of oxazole rings is 1.